The molecule has 0 aliphatic heterocycles. The van der Waals surface area contributed by atoms with Gasteiger partial charge in [0.15, 0.2) is 0 Å². The molecule has 4 N–H and O–H groups in total. The molecular weight excluding hydrogens is 250 g/mol. The second-order valence-electron chi connectivity index (χ2n) is 6.90. The van der Waals surface area contributed by atoms with Crippen molar-refractivity contribution in [2.45, 2.75) is 65.3 Å². The van der Waals surface area contributed by atoms with Crippen molar-refractivity contribution in [3.8, 4) is 0 Å². The predicted octanol–water partition coefficient (Wildman–Crippen LogP) is 3.27. The number of nitrogen functional groups attached to an aromatic ring is 1. The highest BCUT2D eigenvalue weighted by molar-refractivity contribution is 5.47. The van der Waals surface area contributed by atoms with E-state index < -0.39 is 0 Å². The van der Waals surface area contributed by atoms with Gasteiger partial charge < -0.3 is 10.7 Å². The molecule has 0 aromatic carbocycles. The van der Waals surface area contributed by atoms with E-state index >= 15 is 0 Å². The molecule has 20 heavy (non-hydrogen) atoms. The monoisotopic (exact) mass is 277 g/mol. The average Bonchev–Trinajstić information content (AvgIpc) is 2.37. The van der Waals surface area contributed by atoms with Crippen molar-refractivity contribution in [1.29, 1.82) is 0 Å². The van der Waals surface area contributed by atoms with Gasteiger partial charge in [0.05, 0.1) is 0 Å². The third kappa shape index (κ3) is 3.82. The van der Waals surface area contributed by atoms with Gasteiger partial charge in [-0.25, -0.2) is 15.8 Å². The van der Waals surface area contributed by atoms with Crippen LogP contribution in [-0.2, 0) is 0 Å². The lowest BCUT2D eigenvalue weighted by Crippen LogP contribution is -2.32. The van der Waals surface area contributed by atoms with Crippen LogP contribution in [0.5, 0.6) is 0 Å². The summed E-state index contributed by atoms with van der Waals surface area (Å²) < 4.78 is 0. The number of aromatic nitrogens is 2. The number of rotatable bonds is 4. The Kier molecular flexibility index (Phi) is 4.48. The number of hydrogen-bond donors (Lipinski definition) is 3. The lowest BCUT2D eigenvalue weighted by molar-refractivity contribution is 0.229. The molecular formula is C15H27N5. The molecule has 0 spiro atoms. The molecule has 112 valence electrons. The van der Waals surface area contributed by atoms with Crippen molar-refractivity contribution in [1.82, 2.24) is 9.97 Å². The van der Waals surface area contributed by atoms with E-state index in [1.165, 1.54) is 25.7 Å². The number of anilines is 2. The third-order valence-electron chi connectivity index (χ3n) is 3.96. The highest BCUT2D eigenvalue weighted by Gasteiger charge is 2.28. The predicted molar refractivity (Wildman–Crippen MR) is 83.6 cm³/mol. The van der Waals surface area contributed by atoms with Gasteiger partial charge in [-0.05, 0) is 24.7 Å². The van der Waals surface area contributed by atoms with E-state index in [0.717, 1.165) is 11.6 Å². The average molecular weight is 277 g/mol. The molecule has 1 saturated carbocycles. The summed E-state index contributed by atoms with van der Waals surface area (Å²) in [5, 5.41) is 3.56. The summed E-state index contributed by atoms with van der Waals surface area (Å²) in [5.41, 5.74) is 3.04. The Balaban J connectivity index is 2.14. The second kappa shape index (κ2) is 5.95. The number of nitrogens with two attached hydrogens (primary N) is 1. The number of nitrogens with zero attached hydrogens (tertiary/aromatic N) is 2. The molecule has 1 heterocycles. The topological polar surface area (TPSA) is 75.9 Å². The van der Waals surface area contributed by atoms with E-state index in [1.807, 2.05) is 6.07 Å². The highest BCUT2D eigenvalue weighted by Crippen LogP contribution is 2.36. The first-order chi connectivity index (χ1) is 9.39. The second-order valence-corrected chi connectivity index (χ2v) is 6.90. The van der Waals surface area contributed by atoms with E-state index in [4.69, 9.17) is 5.84 Å². The van der Waals surface area contributed by atoms with E-state index in [2.05, 4.69) is 48.4 Å². The zero-order chi connectivity index (χ0) is 14.8. The summed E-state index contributed by atoms with van der Waals surface area (Å²) in [6.07, 6.45) is 4.96. The molecule has 5 heteroatoms. The minimum Gasteiger partial charge on any atom is -0.367 e. The third-order valence-corrected chi connectivity index (χ3v) is 3.96. The Morgan fingerprint density at radius 3 is 2.60 bits per heavy atom. The minimum atomic E-state index is 0.284. The van der Waals surface area contributed by atoms with Gasteiger partial charge in [-0.1, -0.05) is 34.1 Å². The van der Waals surface area contributed by atoms with Crippen LogP contribution < -0.4 is 16.6 Å². The van der Waals surface area contributed by atoms with Crippen molar-refractivity contribution in [3.05, 3.63) is 11.9 Å². The minimum absolute atomic E-state index is 0.284. The van der Waals surface area contributed by atoms with Gasteiger partial charge in [0.25, 0.3) is 0 Å². The zero-order valence-corrected chi connectivity index (χ0v) is 13.0. The SMILES string of the molecule is CC(C)c1nc(NN)cc(NC2CCCC(C)(C)C2)n1. The van der Waals surface area contributed by atoms with Crippen LogP contribution in [0.3, 0.4) is 0 Å². The van der Waals surface area contributed by atoms with E-state index in [1.54, 1.807) is 0 Å². The van der Waals surface area contributed by atoms with Crippen molar-refractivity contribution < 1.29 is 0 Å². The lowest BCUT2D eigenvalue weighted by Gasteiger charge is -2.35. The Morgan fingerprint density at radius 2 is 2.00 bits per heavy atom. The number of nitrogens with one attached hydrogen (secondary N) is 2. The molecule has 1 aromatic heterocycles. The molecule has 1 aromatic rings. The smallest absolute Gasteiger partial charge is 0.145 e. The summed E-state index contributed by atoms with van der Waals surface area (Å²) in [6, 6.07) is 2.37. The maximum atomic E-state index is 5.50. The quantitative estimate of drug-likeness (QED) is 0.581. The molecule has 0 amide bonds. The summed E-state index contributed by atoms with van der Waals surface area (Å²) in [4.78, 5) is 8.99. The Hall–Kier alpha value is -1.36. The molecule has 2 rings (SSSR count). The summed E-state index contributed by atoms with van der Waals surface area (Å²) >= 11 is 0. The number of hydrogen-bond acceptors (Lipinski definition) is 5. The van der Waals surface area contributed by atoms with Crippen molar-refractivity contribution in [2.24, 2.45) is 11.3 Å². The largest absolute Gasteiger partial charge is 0.367 e. The normalized spacial score (nSPS) is 21.8. The molecule has 5 nitrogen and oxygen atoms in total. The molecule has 1 unspecified atom stereocenters. The van der Waals surface area contributed by atoms with E-state index in [-0.39, 0.29) is 5.92 Å². The van der Waals surface area contributed by atoms with Gasteiger partial charge in [-0.15, -0.1) is 0 Å². The Bertz CT molecular complexity index is 456. The van der Waals surface area contributed by atoms with Crippen LogP contribution in [0, 0.1) is 5.41 Å². The summed E-state index contributed by atoms with van der Waals surface area (Å²) in [7, 11) is 0. The van der Waals surface area contributed by atoms with E-state index in [0.29, 0.717) is 17.3 Å². The summed E-state index contributed by atoms with van der Waals surface area (Å²) in [5.74, 6) is 8.14. The fraction of sp³-hybridized carbons (Fsp3) is 0.733. The van der Waals surface area contributed by atoms with Gasteiger partial charge in [0.1, 0.15) is 17.5 Å². The van der Waals surface area contributed by atoms with E-state index in [9.17, 15) is 0 Å². The first-order valence-corrected chi connectivity index (χ1v) is 7.52. The first-order valence-electron chi connectivity index (χ1n) is 7.52. The van der Waals surface area contributed by atoms with Crippen molar-refractivity contribution in [2.75, 3.05) is 10.7 Å². The van der Waals surface area contributed by atoms with Crippen LogP contribution in [0.4, 0.5) is 11.6 Å². The molecule has 1 aliphatic rings. The fourth-order valence-electron chi connectivity index (χ4n) is 2.90. The molecule has 1 aliphatic carbocycles. The van der Waals surface area contributed by atoms with Gasteiger partial charge in [-0.3, -0.25) is 0 Å². The zero-order valence-electron chi connectivity index (χ0n) is 13.0. The fourth-order valence-corrected chi connectivity index (χ4v) is 2.90. The maximum absolute atomic E-state index is 5.50. The van der Waals surface area contributed by atoms with Crippen LogP contribution in [0.1, 0.15) is 65.1 Å². The summed E-state index contributed by atoms with van der Waals surface area (Å²) in [6.45, 7) is 8.85. The first kappa shape index (κ1) is 15.0. The highest BCUT2D eigenvalue weighted by atomic mass is 15.3. The Labute approximate surface area is 121 Å². The lowest BCUT2D eigenvalue weighted by atomic mass is 9.75. The molecule has 0 bridgehead atoms. The molecule has 0 radical (unpaired) electrons. The van der Waals surface area contributed by atoms with Gasteiger partial charge >= 0.3 is 0 Å². The van der Waals surface area contributed by atoms with Gasteiger partial charge in [0.2, 0.25) is 0 Å². The standard InChI is InChI=1S/C15H27N5/c1-10(2)14-18-12(8-13(19-14)20-16)17-11-6-5-7-15(3,4)9-11/h8,10-11H,5-7,9,16H2,1-4H3,(H2,17,18,19,20). The molecule has 0 saturated heterocycles. The van der Waals surface area contributed by atoms with Crippen LogP contribution in [0.15, 0.2) is 6.07 Å². The molecule has 1 atom stereocenters. The van der Waals surface area contributed by atoms with Crippen LogP contribution in [0.25, 0.3) is 0 Å². The van der Waals surface area contributed by atoms with Gasteiger partial charge in [-0.2, -0.15) is 0 Å². The van der Waals surface area contributed by atoms with Crippen LogP contribution in [0.2, 0.25) is 0 Å². The Morgan fingerprint density at radius 1 is 1.30 bits per heavy atom. The van der Waals surface area contributed by atoms with Crippen LogP contribution >= 0.6 is 0 Å². The van der Waals surface area contributed by atoms with Crippen LogP contribution in [-0.4, -0.2) is 16.0 Å². The van der Waals surface area contributed by atoms with Crippen molar-refractivity contribution in [3.63, 3.8) is 0 Å². The maximum Gasteiger partial charge on any atom is 0.145 e. The van der Waals surface area contributed by atoms with Gasteiger partial charge in [0, 0.05) is 18.0 Å². The number of hydrazine groups is 1. The van der Waals surface area contributed by atoms with Crippen molar-refractivity contribution >= 4 is 11.6 Å². The molecule has 1 fully saturated rings.